The Morgan fingerprint density at radius 2 is 1.92 bits per heavy atom. The van der Waals surface area contributed by atoms with Crippen LogP contribution in [-0.2, 0) is 6.54 Å². The maximum Gasteiger partial charge on any atom is 0.254 e. The van der Waals surface area contributed by atoms with Gasteiger partial charge in [0.15, 0.2) is 11.5 Å². The van der Waals surface area contributed by atoms with Gasteiger partial charge in [0.2, 0.25) is 0 Å². The summed E-state index contributed by atoms with van der Waals surface area (Å²) in [5.74, 6) is 1.07. The molecule has 138 valence electrons. The molecule has 0 atom stereocenters. The van der Waals surface area contributed by atoms with Crippen molar-refractivity contribution in [1.82, 2.24) is 9.80 Å². The summed E-state index contributed by atoms with van der Waals surface area (Å²) in [6.07, 6.45) is 0. The Kier molecular flexibility index (Phi) is 5.40. The lowest BCUT2D eigenvalue weighted by Gasteiger charge is -2.34. The zero-order valence-corrected chi connectivity index (χ0v) is 17.2. The predicted octanol–water partition coefficient (Wildman–Crippen LogP) is 3.89. The molecule has 4 rings (SSSR count). The average Bonchev–Trinajstić information content (AvgIpc) is 3.06. The van der Waals surface area contributed by atoms with Gasteiger partial charge in [-0.2, -0.15) is 0 Å². The van der Waals surface area contributed by atoms with E-state index in [1.807, 2.05) is 4.90 Å². The molecule has 2 aliphatic rings. The smallest absolute Gasteiger partial charge is 0.254 e. The van der Waals surface area contributed by atoms with Crippen LogP contribution in [0.15, 0.2) is 28.1 Å². The summed E-state index contributed by atoms with van der Waals surface area (Å²) in [5, 5.41) is 0.424. The van der Waals surface area contributed by atoms with Gasteiger partial charge in [-0.25, -0.2) is 0 Å². The first-order valence-electron chi connectivity index (χ1n) is 8.45. The Bertz CT molecular complexity index is 821. The molecule has 0 spiro atoms. The minimum atomic E-state index is -0.0117. The van der Waals surface area contributed by atoms with E-state index in [1.165, 1.54) is 4.88 Å². The Morgan fingerprint density at radius 3 is 2.65 bits per heavy atom. The van der Waals surface area contributed by atoms with E-state index in [4.69, 9.17) is 21.1 Å². The number of carbonyl (C=O) groups is 1. The van der Waals surface area contributed by atoms with Gasteiger partial charge in [-0.15, -0.1) is 11.3 Å². The zero-order valence-electron chi connectivity index (χ0n) is 14.0. The van der Waals surface area contributed by atoms with Gasteiger partial charge >= 0.3 is 0 Å². The molecule has 0 unspecified atom stereocenters. The zero-order chi connectivity index (χ0) is 18.1. The van der Waals surface area contributed by atoms with Crippen LogP contribution in [0.25, 0.3) is 0 Å². The lowest BCUT2D eigenvalue weighted by atomic mass is 10.1. The van der Waals surface area contributed by atoms with Crippen LogP contribution >= 0.6 is 38.9 Å². The first-order chi connectivity index (χ1) is 12.6. The van der Waals surface area contributed by atoms with Gasteiger partial charge in [0.05, 0.1) is 8.81 Å². The molecule has 8 heteroatoms. The summed E-state index contributed by atoms with van der Waals surface area (Å²) < 4.78 is 12.2. The SMILES string of the molecule is O=C(c1cc(Cl)c2c(c1)OCCO2)N1CCN(Cc2ccc(Br)s2)CC1. The highest BCUT2D eigenvalue weighted by Crippen LogP contribution is 2.38. The number of thiophene rings is 1. The Morgan fingerprint density at radius 1 is 1.15 bits per heavy atom. The molecule has 2 aliphatic heterocycles. The van der Waals surface area contributed by atoms with Gasteiger partial charge in [-0.3, -0.25) is 9.69 Å². The minimum Gasteiger partial charge on any atom is -0.486 e. The molecule has 26 heavy (non-hydrogen) atoms. The van der Waals surface area contributed by atoms with Crippen molar-refractivity contribution in [2.45, 2.75) is 6.54 Å². The summed E-state index contributed by atoms with van der Waals surface area (Å²) in [4.78, 5) is 18.4. The molecule has 0 N–H and O–H groups in total. The fourth-order valence-electron chi connectivity index (χ4n) is 3.18. The first-order valence-corrected chi connectivity index (χ1v) is 10.4. The maximum absolute atomic E-state index is 12.9. The average molecular weight is 458 g/mol. The predicted molar refractivity (Wildman–Crippen MR) is 106 cm³/mol. The van der Waals surface area contributed by atoms with Crippen molar-refractivity contribution >= 4 is 44.8 Å². The number of nitrogens with zero attached hydrogens (tertiary/aromatic N) is 2. The minimum absolute atomic E-state index is 0.0117. The van der Waals surface area contributed by atoms with Crippen LogP contribution in [0.3, 0.4) is 0 Å². The fourth-order valence-corrected chi connectivity index (χ4v) is 4.97. The van der Waals surface area contributed by atoms with Gasteiger partial charge < -0.3 is 14.4 Å². The number of fused-ring (bicyclic) bond motifs is 1. The number of hydrogen-bond donors (Lipinski definition) is 0. The van der Waals surface area contributed by atoms with Crippen molar-refractivity contribution in [3.8, 4) is 11.5 Å². The van der Waals surface area contributed by atoms with Crippen LogP contribution in [0.1, 0.15) is 15.2 Å². The summed E-state index contributed by atoms with van der Waals surface area (Å²) in [7, 11) is 0. The lowest BCUT2D eigenvalue weighted by Crippen LogP contribution is -2.48. The van der Waals surface area contributed by atoms with E-state index in [9.17, 15) is 4.79 Å². The largest absolute Gasteiger partial charge is 0.486 e. The molecule has 5 nitrogen and oxygen atoms in total. The second kappa shape index (κ2) is 7.76. The highest BCUT2D eigenvalue weighted by Gasteiger charge is 2.25. The number of rotatable bonds is 3. The molecule has 1 aromatic heterocycles. The summed E-state index contributed by atoms with van der Waals surface area (Å²) in [6, 6.07) is 7.63. The Labute approximate surface area is 169 Å². The van der Waals surface area contributed by atoms with Crippen LogP contribution in [0.2, 0.25) is 5.02 Å². The second-order valence-corrected chi connectivity index (χ2v) is 9.21. The van der Waals surface area contributed by atoms with E-state index in [1.54, 1.807) is 23.5 Å². The normalized spacial score (nSPS) is 17.4. The standard InChI is InChI=1S/C18H18BrClN2O3S/c19-16-2-1-13(26-16)11-21-3-5-22(6-4-21)18(23)12-9-14(20)17-15(10-12)24-7-8-25-17/h1-2,9-10H,3-8,11H2. The third-order valence-corrected chi connectivity index (χ3v) is 6.40. The van der Waals surface area contributed by atoms with Crippen LogP contribution < -0.4 is 9.47 Å². The van der Waals surface area contributed by atoms with Gasteiger partial charge in [0.1, 0.15) is 13.2 Å². The van der Waals surface area contributed by atoms with E-state index in [-0.39, 0.29) is 5.91 Å². The number of carbonyl (C=O) groups excluding carboxylic acids is 1. The van der Waals surface area contributed by atoms with Crippen LogP contribution in [0.5, 0.6) is 11.5 Å². The molecule has 1 amide bonds. The third-order valence-electron chi connectivity index (χ3n) is 4.51. The van der Waals surface area contributed by atoms with Crippen molar-refractivity contribution in [2.24, 2.45) is 0 Å². The summed E-state index contributed by atoms with van der Waals surface area (Å²) in [5.41, 5.74) is 0.551. The van der Waals surface area contributed by atoms with Gasteiger partial charge in [0.25, 0.3) is 5.91 Å². The van der Waals surface area contributed by atoms with E-state index in [0.717, 1.165) is 23.4 Å². The summed E-state index contributed by atoms with van der Waals surface area (Å²) >= 11 is 11.5. The molecular weight excluding hydrogens is 440 g/mol. The molecule has 0 saturated carbocycles. The molecule has 1 fully saturated rings. The van der Waals surface area contributed by atoms with Gasteiger partial charge in [-0.05, 0) is 40.2 Å². The lowest BCUT2D eigenvalue weighted by molar-refractivity contribution is 0.0628. The summed E-state index contributed by atoms with van der Waals surface area (Å²) in [6.45, 7) is 5.00. The first kappa shape index (κ1) is 18.1. The van der Waals surface area contributed by atoms with Crippen molar-refractivity contribution < 1.29 is 14.3 Å². The number of piperazine rings is 1. The van der Waals surface area contributed by atoms with Crippen molar-refractivity contribution in [3.63, 3.8) is 0 Å². The highest BCUT2D eigenvalue weighted by molar-refractivity contribution is 9.11. The number of halogens is 2. The van der Waals surface area contributed by atoms with Crippen LogP contribution in [-0.4, -0.2) is 55.1 Å². The highest BCUT2D eigenvalue weighted by atomic mass is 79.9. The Balaban J connectivity index is 1.40. The molecule has 1 saturated heterocycles. The van der Waals surface area contributed by atoms with E-state index in [2.05, 4.69) is 33.0 Å². The van der Waals surface area contributed by atoms with Gasteiger partial charge in [0, 0.05) is 43.2 Å². The molecule has 3 heterocycles. The molecule has 0 aliphatic carbocycles. The molecule has 1 aromatic carbocycles. The fraction of sp³-hybridized carbons (Fsp3) is 0.389. The number of hydrogen-bond acceptors (Lipinski definition) is 5. The van der Waals surface area contributed by atoms with E-state index in [0.29, 0.717) is 48.4 Å². The topological polar surface area (TPSA) is 42.0 Å². The molecule has 0 radical (unpaired) electrons. The quantitative estimate of drug-likeness (QED) is 0.701. The number of ether oxygens (including phenoxy) is 2. The number of amides is 1. The van der Waals surface area contributed by atoms with Crippen molar-refractivity contribution in [2.75, 3.05) is 39.4 Å². The van der Waals surface area contributed by atoms with E-state index >= 15 is 0 Å². The molecule has 2 aromatic rings. The Hall–Kier alpha value is -1.28. The van der Waals surface area contributed by atoms with Crippen molar-refractivity contribution in [1.29, 1.82) is 0 Å². The van der Waals surface area contributed by atoms with Crippen molar-refractivity contribution in [3.05, 3.63) is 43.5 Å². The van der Waals surface area contributed by atoms with Crippen LogP contribution in [0, 0.1) is 0 Å². The monoisotopic (exact) mass is 456 g/mol. The molecular formula is C18H18BrClN2O3S. The second-order valence-electron chi connectivity index (χ2n) is 6.26. The third kappa shape index (κ3) is 3.86. The van der Waals surface area contributed by atoms with Crippen LogP contribution in [0.4, 0.5) is 0 Å². The molecule has 0 bridgehead atoms. The number of benzene rings is 1. The maximum atomic E-state index is 12.9. The van der Waals surface area contributed by atoms with E-state index < -0.39 is 0 Å². The van der Waals surface area contributed by atoms with Gasteiger partial charge in [-0.1, -0.05) is 11.6 Å².